The van der Waals surface area contributed by atoms with Crippen LogP contribution in [0.25, 0.3) is 22.3 Å². The van der Waals surface area contributed by atoms with Crippen LogP contribution in [0, 0.1) is 23.5 Å². The number of hydrogen-bond acceptors (Lipinski definition) is 14. The second kappa shape index (κ2) is 24.6. The molecule has 2 unspecified atom stereocenters. The number of ether oxygens (including phenoxy) is 1. The average molecular weight is 1150 g/mol. The van der Waals surface area contributed by atoms with E-state index < -0.39 is 35.3 Å². The summed E-state index contributed by atoms with van der Waals surface area (Å²) in [5.41, 5.74) is 8.49. The van der Waals surface area contributed by atoms with E-state index in [1.165, 1.54) is 66.5 Å². The monoisotopic (exact) mass is 1150 g/mol. The summed E-state index contributed by atoms with van der Waals surface area (Å²) in [6, 6.07) is 7.09. The predicted octanol–water partition coefficient (Wildman–Crippen LogP) is 4.28. The van der Waals surface area contributed by atoms with Crippen LogP contribution >= 0.6 is 23.2 Å². The van der Waals surface area contributed by atoms with Gasteiger partial charge in [-0.15, -0.1) is 10.2 Å². The average Bonchev–Trinajstić information content (AvgIpc) is 4.21. The summed E-state index contributed by atoms with van der Waals surface area (Å²) in [6.45, 7) is 6.23. The molecule has 0 bridgehead atoms. The maximum atomic E-state index is 14.5. The quantitative estimate of drug-likeness (QED) is 0.0753. The molecule has 420 valence electrons. The Balaban J connectivity index is 0.000000193. The molecule has 0 aromatic carbocycles. The third kappa shape index (κ3) is 12.7. The smallest absolute Gasteiger partial charge is 0.870 e. The van der Waals surface area contributed by atoms with Crippen LogP contribution in [-0.2, 0) is 53.3 Å². The van der Waals surface area contributed by atoms with E-state index in [-0.39, 0.29) is 88.3 Å². The molecule has 0 radical (unpaired) electrons. The van der Waals surface area contributed by atoms with Crippen LogP contribution < -0.4 is 29.5 Å². The number of hydrogen-bond donors (Lipinski definition) is 3. The molecule has 2 aliphatic rings. The van der Waals surface area contributed by atoms with Crippen LogP contribution in [0.1, 0.15) is 124 Å². The van der Waals surface area contributed by atoms with Gasteiger partial charge >= 0.3 is 30.8 Å². The van der Waals surface area contributed by atoms with E-state index in [2.05, 4.69) is 59.6 Å². The number of nitrogens with zero attached hydrogens (tertiary/aromatic N) is 14. The molecule has 10 aromatic rings. The molecule has 2 saturated carbocycles. The van der Waals surface area contributed by atoms with Crippen molar-refractivity contribution in [3.05, 3.63) is 165 Å². The Morgan fingerprint density at radius 2 is 1.12 bits per heavy atom. The Hall–Kier alpha value is -8.08. The summed E-state index contributed by atoms with van der Waals surface area (Å²) in [6.07, 6.45) is 22.6. The maximum absolute atomic E-state index is 14.5. The second-order valence-corrected chi connectivity index (χ2v) is 21.0. The first-order valence-corrected chi connectivity index (χ1v) is 26.7. The van der Waals surface area contributed by atoms with Crippen molar-refractivity contribution >= 4 is 69.3 Å². The van der Waals surface area contributed by atoms with Gasteiger partial charge < -0.3 is 43.6 Å². The van der Waals surface area contributed by atoms with Crippen LogP contribution in [0.3, 0.4) is 0 Å². The van der Waals surface area contributed by atoms with Crippen LogP contribution in [0.2, 0.25) is 10.0 Å². The molecule has 4 N–H and O–H groups in total. The van der Waals surface area contributed by atoms with E-state index in [9.17, 15) is 33.1 Å². The zero-order valence-corrected chi connectivity index (χ0v) is 46.4. The van der Waals surface area contributed by atoms with Crippen molar-refractivity contribution < 1.29 is 62.1 Å². The molecule has 12 rings (SSSR count). The summed E-state index contributed by atoms with van der Waals surface area (Å²) in [7, 11) is 0. The van der Waals surface area contributed by atoms with Crippen molar-refractivity contribution in [2.45, 2.75) is 97.3 Å². The van der Waals surface area contributed by atoms with Gasteiger partial charge in [0, 0.05) is 37.2 Å². The first-order valence-electron chi connectivity index (χ1n) is 25.9. The van der Waals surface area contributed by atoms with Crippen molar-refractivity contribution in [3.63, 3.8) is 0 Å². The summed E-state index contributed by atoms with van der Waals surface area (Å²) >= 11 is 11.8. The van der Waals surface area contributed by atoms with E-state index in [0.717, 1.165) is 48.2 Å². The molecule has 0 spiro atoms. The van der Waals surface area contributed by atoms with E-state index in [1.54, 1.807) is 26.2 Å². The summed E-state index contributed by atoms with van der Waals surface area (Å²) in [4.78, 5) is 67.1. The normalized spacial score (nSPS) is 13.8. The molecule has 2 fully saturated rings. The molecule has 2 atom stereocenters. The Labute approximate surface area is 487 Å². The first kappa shape index (κ1) is 58.6. The minimum atomic E-state index is -0.847. The fraction of sp³-hybridized carbons (Fsp3) is 0.333. The number of pyridine rings is 4. The number of halogens is 4. The van der Waals surface area contributed by atoms with Crippen molar-refractivity contribution in [1.82, 2.24) is 78.2 Å². The Morgan fingerprint density at radius 1 is 0.683 bits per heavy atom. The number of carboxylic acids is 1. The first-order chi connectivity index (χ1) is 38.6. The van der Waals surface area contributed by atoms with Crippen molar-refractivity contribution in [2.75, 3.05) is 6.61 Å². The SMILES string of the molecule is CC(Cc1cc(C2CC2)cn2cc(Cn3cc(C(=O)NCc4ncn5ccc(Cl)c(F)c45)nn3)nc12)C(=O)O.CCOC(=O)C(C)Cc1cc(C2CC2)cn2cc(Cn3cc(C(=O)NCc4ncn5ccc(Cl)c(F)c45)nn3)nc12.[Li+].[OH-]. The van der Waals surface area contributed by atoms with Gasteiger partial charge in [-0.25, -0.2) is 38.1 Å². The molecule has 2 amide bonds. The standard InChI is InChI=1S/C28H28ClFN8O3.C26H24ClFN8O3.Li.H2O/c1-3-41-28(40)16(2)8-18-9-19(17-4-5-17)11-37-12-20(33-26(18)37)13-38-14-23(34-35-38)27(39)31-10-22-25-24(30)21(29)6-7-36(25)15-32-22;1-14(26(38)39)6-16-7-17(15-2-3-15)9-35-10-18(31-24(16)35)11-36-12-21(32-33-36)25(37)29-8-20-23-22(28)19(27)4-5-34(23)13-30-20;;/h6-7,9,11-12,14-17H,3-5,8,10,13H2,1-2H3,(H,31,39);4-5,7,9-10,12-15H,2-3,6,8,11H2,1H3,(H,29,37)(H,38,39);;1H2/q;;+1;/p-1. The molecular formula is C54H53Cl2F2LiN16O7. The van der Waals surface area contributed by atoms with E-state index in [1.807, 2.05) is 34.3 Å². The number of nitrogens with one attached hydrogen (secondary N) is 2. The minimum absolute atomic E-state index is 0. The number of esters is 1. The van der Waals surface area contributed by atoms with Gasteiger partial charge in [0.2, 0.25) is 0 Å². The largest absolute Gasteiger partial charge is 1.00 e. The van der Waals surface area contributed by atoms with Gasteiger partial charge in [-0.2, -0.15) is 0 Å². The maximum Gasteiger partial charge on any atom is 1.00 e. The molecule has 10 heterocycles. The van der Waals surface area contributed by atoms with Gasteiger partial charge in [-0.05, 0) is 91.7 Å². The third-order valence-corrected chi connectivity index (χ3v) is 14.6. The molecule has 82 heavy (non-hydrogen) atoms. The number of imidazole rings is 4. The second-order valence-electron chi connectivity index (χ2n) is 20.2. The van der Waals surface area contributed by atoms with Crippen molar-refractivity contribution in [2.24, 2.45) is 11.8 Å². The van der Waals surface area contributed by atoms with E-state index >= 15 is 0 Å². The number of carbonyl (C=O) groups is 4. The van der Waals surface area contributed by atoms with Gasteiger partial charge in [0.1, 0.15) is 22.3 Å². The number of carbonyl (C=O) groups excluding carboxylic acids is 3. The van der Waals surface area contributed by atoms with Crippen molar-refractivity contribution in [3.8, 4) is 0 Å². The van der Waals surface area contributed by atoms with E-state index in [0.29, 0.717) is 60.6 Å². The van der Waals surface area contributed by atoms with Crippen LogP contribution in [0.5, 0.6) is 0 Å². The van der Waals surface area contributed by atoms with Crippen molar-refractivity contribution in [1.29, 1.82) is 0 Å². The number of aromatic nitrogens is 14. The minimum Gasteiger partial charge on any atom is -0.870 e. The molecule has 0 aliphatic heterocycles. The van der Waals surface area contributed by atoms with Crippen LogP contribution in [0.15, 0.2) is 86.5 Å². The number of amides is 2. The molecule has 10 aromatic heterocycles. The van der Waals surface area contributed by atoms with Gasteiger partial charge in [0.15, 0.2) is 23.0 Å². The Morgan fingerprint density at radius 3 is 1.54 bits per heavy atom. The van der Waals surface area contributed by atoms with Gasteiger partial charge in [0.25, 0.3) is 11.8 Å². The van der Waals surface area contributed by atoms with E-state index in [4.69, 9.17) is 37.9 Å². The van der Waals surface area contributed by atoms with Crippen LogP contribution in [0.4, 0.5) is 8.78 Å². The molecule has 28 heteroatoms. The molecular weight excluding hydrogens is 1100 g/mol. The molecule has 2 aliphatic carbocycles. The number of carboxylic acid groups (broad SMARTS) is 1. The number of aliphatic carboxylic acids is 1. The molecule has 0 saturated heterocycles. The summed E-state index contributed by atoms with van der Waals surface area (Å²) < 4.78 is 44.1. The number of rotatable bonds is 19. The fourth-order valence-electron chi connectivity index (χ4n) is 9.56. The fourth-order valence-corrected chi connectivity index (χ4v) is 9.86. The zero-order chi connectivity index (χ0) is 55.9. The third-order valence-electron chi connectivity index (χ3n) is 14.0. The summed E-state index contributed by atoms with van der Waals surface area (Å²) in [5.74, 6) is -3.03. The number of fused-ring (bicyclic) bond motifs is 4. The zero-order valence-electron chi connectivity index (χ0n) is 44.9. The van der Waals surface area contributed by atoms with Gasteiger partial charge in [-0.3, -0.25) is 19.2 Å². The van der Waals surface area contributed by atoms with Gasteiger partial charge in [0.05, 0.1) is 102 Å². The predicted molar refractivity (Wildman–Crippen MR) is 287 cm³/mol. The Bertz CT molecular complexity index is 4030. The topological polar surface area (TPSA) is 282 Å². The van der Waals surface area contributed by atoms with Gasteiger partial charge in [-0.1, -0.05) is 59.6 Å². The van der Waals surface area contributed by atoms with Crippen LogP contribution in [-0.4, -0.2) is 108 Å². The summed E-state index contributed by atoms with van der Waals surface area (Å²) in [5, 5.41) is 30.9. The molecule has 23 nitrogen and oxygen atoms in total. The Kier molecular flexibility index (Phi) is 17.5.